The molecule has 0 aromatic rings. The molecule has 2 nitrogen and oxygen atoms in total. The van der Waals surface area contributed by atoms with Crippen molar-refractivity contribution in [2.75, 3.05) is 33.2 Å². The Balaban J connectivity index is 2.37. The first-order valence-electron chi connectivity index (χ1n) is 5.14. The van der Waals surface area contributed by atoms with Crippen LogP contribution in [-0.4, -0.2) is 49.1 Å². The molecule has 0 saturated carbocycles. The maximum absolute atomic E-state index is 5.34. The van der Waals surface area contributed by atoms with Gasteiger partial charge >= 0.3 is 0 Å². The van der Waals surface area contributed by atoms with Gasteiger partial charge in [-0.05, 0) is 39.5 Å². The van der Waals surface area contributed by atoms with Crippen LogP contribution in [0.5, 0.6) is 0 Å². The number of likely N-dealkylation sites (tertiary alicyclic amines) is 1. The molecule has 1 saturated heterocycles. The molecule has 0 amide bonds. The normalized spacial score (nSPS) is 20.5. The molecule has 1 heterocycles. The Labute approximate surface area is 81.9 Å². The number of hydrogen-bond donors (Lipinski definition) is 0. The van der Waals surface area contributed by atoms with E-state index in [0.29, 0.717) is 0 Å². The highest BCUT2D eigenvalue weighted by Crippen LogP contribution is 2.14. The van der Waals surface area contributed by atoms with E-state index in [9.17, 15) is 0 Å². The standard InChI is InChI=1S/C11H20N2/c1-4-8-13(5-2)11-6-9-12(3)10-7-11/h1,11H,5-10H2,2-3H3. The summed E-state index contributed by atoms with van der Waals surface area (Å²) >= 11 is 0. The average Bonchev–Trinajstić information content (AvgIpc) is 2.16. The second kappa shape index (κ2) is 5.26. The third-order valence-corrected chi connectivity index (χ3v) is 2.91. The molecule has 2 heteroatoms. The molecule has 1 rings (SSSR count). The molecule has 0 radical (unpaired) electrons. The van der Waals surface area contributed by atoms with Crippen molar-refractivity contribution >= 4 is 0 Å². The molecular formula is C11H20N2. The van der Waals surface area contributed by atoms with Crippen molar-refractivity contribution in [3.8, 4) is 12.3 Å². The number of rotatable bonds is 3. The first kappa shape index (κ1) is 10.6. The van der Waals surface area contributed by atoms with Crippen LogP contribution >= 0.6 is 0 Å². The Morgan fingerprint density at radius 3 is 2.54 bits per heavy atom. The minimum atomic E-state index is 0.720. The van der Waals surface area contributed by atoms with Gasteiger partial charge < -0.3 is 4.90 Å². The molecular weight excluding hydrogens is 160 g/mol. The molecule has 0 aromatic carbocycles. The monoisotopic (exact) mass is 180 g/mol. The predicted molar refractivity (Wildman–Crippen MR) is 56.6 cm³/mol. The average molecular weight is 180 g/mol. The molecule has 0 N–H and O–H groups in total. The van der Waals surface area contributed by atoms with Gasteiger partial charge in [0.25, 0.3) is 0 Å². The predicted octanol–water partition coefficient (Wildman–Crippen LogP) is 1.04. The molecule has 0 aliphatic carbocycles. The van der Waals surface area contributed by atoms with Crippen LogP contribution in [0.15, 0.2) is 0 Å². The van der Waals surface area contributed by atoms with Gasteiger partial charge in [0.2, 0.25) is 0 Å². The quantitative estimate of drug-likeness (QED) is 0.599. The third kappa shape index (κ3) is 3.02. The van der Waals surface area contributed by atoms with E-state index in [1.54, 1.807) is 0 Å². The second-order valence-electron chi connectivity index (χ2n) is 3.80. The summed E-state index contributed by atoms with van der Waals surface area (Å²) < 4.78 is 0. The van der Waals surface area contributed by atoms with Crippen molar-refractivity contribution in [1.29, 1.82) is 0 Å². The van der Waals surface area contributed by atoms with Gasteiger partial charge in [-0.25, -0.2) is 0 Å². The Bertz CT molecular complexity index is 175. The van der Waals surface area contributed by atoms with Crippen LogP contribution in [0.3, 0.4) is 0 Å². The molecule has 1 fully saturated rings. The number of hydrogen-bond acceptors (Lipinski definition) is 2. The topological polar surface area (TPSA) is 6.48 Å². The van der Waals surface area contributed by atoms with Gasteiger partial charge in [0, 0.05) is 6.04 Å². The van der Waals surface area contributed by atoms with E-state index in [-0.39, 0.29) is 0 Å². The van der Waals surface area contributed by atoms with Crippen LogP contribution in [0.2, 0.25) is 0 Å². The lowest BCUT2D eigenvalue weighted by Gasteiger charge is -2.35. The SMILES string of the molecule is C#CCN(CC)C1CCN(C)CC1. The maximum Gasteiger partial charge on any atom is 0.0601 e. The van der Waals surface area contributed by atoms with Crippen molar-refractivity contribution in [3.63, 3.8) is 0 Å². The van der Waals surface area contributed by atoms with Gasteiger partial charge in [-0.3, -0.25) is 4.90 Å². The third-order valence-electron chi connectivity index (χ3n) is 2.91. The lowest BCUT2D eigenvalue weighted by Crippen LogP contribution is -2.43. The lowest BCUT2D eigenvalue weighted by atomic mass is 10.0. The molecule has 0 aromatic heterocycles. The number of terminal acetylenes is 1. The fourth-order valence-corrected chi connectivity index (χ4v) is 1.98. The van der Waals surface area contributed by atoms with Gasteiger partial charge in [-0.15, -0.1) is 6.42 Å². The highest BCUT2D eigenvalue weighted by molar-refractivity contribution is 4.91. The first-order chi connectivity index (χ1) is 6.27. The van der Waals surface area contributed by atoms with Gasteiger partial charge in [-0.1, -0.05) is 12.8 Å². The van der Waals surface area contributed by atoms with Crippen LogP contribution in [0.1, 0.15) is 19.8 Å². The summed E-state index contributed by atoms with van der Waals surface area (Å²) in [5.74, 6) is 2.74. The van der Waals surface area contributed by atoms with E-state index in [4.69, 9.17) is 6.42 Å². The van der Waals surface area contributed by atoms with E-state index >= 15 is 0 Å². The van der Waals surface area contributed by atoms with Crippen LogP contribution in [-0.2, 0) is 0 Å². The van der Waals surface area contributed by atoms with Gasteiger partial charge in [-0.2, -0.15) is 0 Å². The molecule has 1 aliphatic rings. The molecule has 1 aliphatic heterocycles. The number of piperidine rings is 1. The summed E-state index contributed by atoms with van der Waals surface area (Å²) in [5, 5.41) is 0. The Kier molecular flexibility index (Phi) is 4.27. The molecule has 0 unspecified atom stereocenters. The van der Waals surface area contributed by atoms with Crippen molar-refractivity contribution < 1.29 is 0 Å². The maximum atomic E-state index is 5.34. The van der Waals surface area contributed by atoms with E-state index in [2.05, 4.69) is 29.7 Å². The fraction of sp³-hybridized carbons (Fsp3) is 0.818. The van der Waals surface area contributed by atoms with Crippen LogP contribution in [0.25, 0.3) is 0 Å². The fourth-order valence-electron chi connectivity index (χ4n) is 1.98. The second-order valence-corrected chi connectivity index (χ2v) is 3.80. The number of nitrogens with zero attached hydrogens (tertiary/aromatic N) is 2. The Morgan fingerprint density at radius 1 is 1.46 bits per heavy atom. The molecule has 0 bridgehead atoms. The van der Waals surface area contributed by atoms with E-state index < -0.39 is 0 Å². The summed E-state index contributed by atoms with van der Waals surface area (Å²) in [4.78, 5) is 4.80. The first-order valence-corrected chi connectivity index (χ1v) is 5.14. The molecule has 74 valence electrons. The van der Waals surface area contributed by atoms with Gasteiger partial charge in [0.1, 0.15) is 0 Å². The molecule has 0 atom stereocenters. The Morgan fingerprint density at radius 2 is 2.08 bits per heavy atom. The van der Waals surface area contributed by atoms with Crippen LogP contribution in [0.4, 0.5) is 0 Å². The largest absolute Gasteiger partial charge is 0.306 e. The van der Waals surface area contributed by atoms with Gasteiger partial charge in [0.15, 0.2) is 0 Å². The van der Waals surface area contributed by atoms with Crippen LogP contribution in [0, 0.1) is 12.3 Å². The summed E-state index contributed by atoms with van der Waals surface area (Å²) in [7, 11) is 2.19. The summed E-state index contributed by atoms with van der Waals surface area (Å²) in [6.45, 7) is 6.51. The minimum absolute atomic E-state index is 0.720. The van der Waals surface area contributed by atoms with Crippen molar-refractivity contribution in [1.82, 2.24) is 9.80 Å². The van der Waals surface area contributed by atoms with Gasteiger partial charge in [0.05, 0.1) is 6.54 Å². The van der Waals surface area contributed by atoms with Crippen LogP contribution < -0.4 is 0 Å². The summed E-state index contributed by atoms with van der Waals surface area (Å²) in [6.07, 6.45) is 7.88. The van der Waals surface area contributed by atoms with E-state index in [1.165, 1.54) is 25.9 Å². The smallest absolute Gasteiger partial charge is 0.0601 e. The highest BCUT2D eigenvalue weighted by Gasteiger charge is 2.20. The van der Waals surface area contributed by atoms with Crippen molar-refractivity contribution in [2.24, 2.45) is 0 Å². The Hall–Kier alpha value is -0.520. The van der Waals surface area contributed by atoms with E-state index in [0.717, 1.165) is 19.1 Å². The zero-order valence-electron chi connectivity index (χ0n) is 8.79. The minimum Gasteiger partial charge on any atom is -0.306 e. The highest BCUT2D eigenvalue weighted by atomic mass is 15.2. The van der Waals surface area contributed by atoms with Crippen molar-refractivity contribution in [2.45, 2.75) is 25.8 Å². The van der Waals surface area contributed by atoms with Crippen molar-refractivity contribution in [3.05, 3.63) is 0 Å². The molecule has 13 heavy (non-hydrogen) atoms. The molecule has 0 spiro atoms. The van der Waals surface area contributed by atoms with E-state index in [1.807, 2.05) is 0 Å². The zero-order valence-corrected chi connectivity index (χ0v) is 8.79. The zero-order chi connectivity index (χ0) is 9.68. The summed E-state index contributed by atoms with van der Waals surface area (Å²) in [6, 6.07) is 0.720. The summed E-state index contributed by atoms with van der Waals surface area (Å²) in [5.41, 5.74) is 0. The lowest BCUT2D eigenvalue weighted by molar-refractivity contribution is 0.138.